The second-order valence-electron chi connectivity index (χ2n) is 3.86. The minimum absolute atomic E-state index is 0.452. The van der Waals surface area contributed by atoms with Gasteiger partial charge < -0.3 is 0 Å². The van der Waals surface area contributed by atoms with Gasteiger partial charge in [-0.15, -0.1) is 0 Å². The Bertz CT molecular complexity index is 297. The molecule has 2 N–H and O–H groups in total. The standard InChI is InChI=1S/C10H15IN2O3/c1-2-3-4-10(5-6-11)7(14)12-9(16)13-8(10)15/h2-6H2,1H3,(H2,12,13,14,15,16). The molecule has 0 unspecified atom stereocenters. The third-order valence-corrected chi connectivity index (χ3v) is 3.34. The van der Waals surface area contributed by atoms with E-state index in [4.69, 9.17) is 0 Å². The first-order valence-electron chi connectivity index (χ1n) is 5.29. The summed E-state index contributed by atoms with van der Waals surface area (Å²) in [4.78, 5) is 34.7. The lowest BCUT2D eigenvalue weighted by atomic mass is 9.77. The Hall–Kier alpha value is -0.660. The first-order valence-corrected chi connectivity index (χ1v) is 6.82. The molecule has 4 amide bonds. The lowest BCUT2D eigenvalue weighted by Gasteiger charge is -2.33. The number of hydrogen-bond acceptors (Lipinski definition) is 3. The topological polar surface area (TPSA) is 75.3 Å². The highest BCUT2D eigenvalue weighted by Crippen LogP contribution is 2.32. The normalized spacial score (nSPS) is 19.2. The molecule has 0 saturated carbocycles. The molecule has 0 radical (unpaired) electrons. The van der Waals surface area contributed by atoms with Gasteiger partial charge in [-0.25, -0.2) is 4.79 Å². The van der Waals surface area contributed by atoms with E-state index in [0.717, 1.165) is 12.8 Å². The van der Waals surface area contributed by atoms with Crippen LogP contribution in [0.2, 0.25) is 0 Å². The van der Waals surface area contributed by atoms with E-state index in [1.54, 1.807) is 0 Å². The molecule has 0 aliphatic carbocycles. The van der Waals surface area contributed by atoms with Gasteiger partial charge in [-0.2, -0.15) is 0 Å². The lowest BCUT2D eigenvalue weighted by Crippen LogP contribution is -2.62. The zero-order chi connectivity index (χ0) is 12.2. The van der Waals surface area contributed by atoms with E-state index >= 15 is 0 Å². The molecule has 0 aromatic heterocycles. The van der Waals surface area contributed by atoms with Gasteiger partial charge in [0.1, 0.15) is 5.41 Å². The predicted molar refractivity (Wildman–Crippen MR) is 67.1 cm³/mol. The zero-order valence-electron chi connectivity index (χ0n) is 9.14. The first kappa shape index (κ1) is 13.4. The molecule has 0 aromatic rings. The van der Waals surface area contributed by atoms with Crippen LogP contribution in [-0.2, 0) is 9.59 Å². The second kappa shape index (κ2) is 5.60. The molecule has 90 valence electrons. The number of imide groups is 2. The van der Waals surface area contributed by atoms with E-state index in [1.807, 2.05) is 6.92 Å². The molecule has 1 aliphatic heterocycles. The van der Waals surface area contributed by atoms with Gasteiger partial charge in [0, 0.05) is 4.43 Å². The molecular weight excluding hydrogens is 323 g/mol. The molecule has 6 heteroatoms. The number of alkyl halides is 1. The minimum Gasteiger partial charge on any atom is -0.277 e. The summed E-state index contributed by atoms with van der Waals surface area (Å²) >= 11 is 2.13. The largest absolute Gasteiger partial charge is 0.328 e. The predicted octanol–water partition coefficient (Wildman–Crippen LogP) is 1.35. The Balaban J connectivity index is 2.92. The monoisotopic (exact) mass is 338 g/mol. The number of hydrogen-bond donors (Lipinski definition) is 2. The van der Waals surface area contributed by atoms with Crippen LogP contribution in [0.3, 0.4) is 0 Å². The summed E-state index contributed by atoms with van der Waals surface area (Å²) in [5.74, 6) is -0.905. The molecule has 1 rings (SSSR count). The van der Waals surface area contributed by atoms with Gasteiger partial charge in [-0.3, -0.25) is 20.2 Å². The van der Waals surface area contributed by atoms with Crippen LogP contribution in [0.1, 0.15) is 32.6 Å². The highest BCUT2D eigenvalue weighted by Gasteiger charge is 2.48. The van der Waals surface area contributed by atoms with Crippen LogP contribution < -0.4 is 10.6 Å². The molecular formula is C10H15IN2O3. The summed E-state index contributed by atoms with van der Waals surface area (Å²) < 4.78 is 0.705. The Labute approximate surface area is 108 Å². The maximum atomic E-state index is 11.8. The number of halogens is 1. The fourth-order valence-corrected chi connectivity index (χ4v) is 2.72. The van der Waals surface area contributed by atoms with E-state index < -0.39 is 23.3 Å². The molecule has 0 atom stereocenters. The number of nitrogens with one attached hydrogen (secondary N) is 2. The number of rotatable bonds is 5. The molecule has 1 heterocycles. The van der Waals surface area contributed by atoms with Crippen LogP contribution in [0.15, 0.2) is 0 Å². The molecule has 0 spiro atoms. The average Bonchev–Trinajstić information content (AvgIpc) is 2.22. The third kappa shape index (κ3) is 2.53. The summed E-state index contributed by atoms with van der Waals surface area (Å²) in [6.45, 7) is 2.00. The summed E-state index contributed by atoms with van der Waals surface area (Å²) in [5, 5.41) is 4.36. The molecule has 5 nitrogen and oxygen atoms in total. The Morgan fingerprint density at radius 2 is 1.69 bits per heavy atom. The minimum atomic E-state index is -1.05. The highest BCUT2D eigenvalue weighted by molar-refractivity contribution is 14.1. The zero-order valence-corrected chi connectivity index (χ0v) is 11.3. The van der Waals surface area contributed by atoms with Gasteiger partial charge in [0.05, 0.1) is 0 Å². The molecule has 1 aliphatic rings. The molecule has 0 aromatic carbocycles. The fraction of sp³-hybridized carbons (Fsp3) is 0.700. The molecule has 1 saturated heterocycles. The fourth-order valence-electron chi connectivity index (χ4n) is 1.80. The summed E-state index contributed by atoms with van der Waals surface area (Å²) in [5.41, 5.74) is -1.05. The van der Waals surface area contributed by atoms with Gasteiger partial charge in [-0.1, -0.05) is 42.4 Å². The molecule has 16 heavy (non-hydrogen) atoms. The van der Waals surface area contributed by atoms with Crippen molar-refractivity contribution in [1.29, 1.82) is 0 Å². The number of unbranched alkanes of at least 4 members (excludes halogenated alkanes) is 1. The third-order valence-electron chi connectivity index (χ3n) is 2.80. The summed E-state index contributed by atoms with van der Waals surface area (Å²) in [7, 11) is 0. The smallest absolute Gasteiger partial charge is 0.277 e. The van der Waals surface area contributed by atoms with Crippen molar-refractivity contribution < 1.29 is 14.4 Å². The number of urea groups is 1. The van der Waals surface area contributed by atoms with Crippen molar-refractivity contribution >= 4 is 40.4 Å². The van der Waals surface area contributed by atoms with E-state index in [1.165, 1.54) is 0 Å². The van der Waals surface area contributed by atoms with Crippen LogP contribution >= 0.6 is 22.6 Å². The number of amides is 4. The lowest BCUT2D eigenvalue weighted by molar-refractivity contribution is -0.145. The number of barbiturate groups is 1. The number of carbonyl (C=O) groups excluding carboxylic acids is 3. The van der Waals surface area contributed by atoms with Crippen molar-refractivity contribution in [2.24, 2.45) is 5.41 Å². The van der Waals surface area contributed by atoms with Crippen LogP contribution in [0.4, 0.5) is 4.79 Å². The van der Waals surface area contributed by atoms with Crippen molar-refractivity contribution in [3.8, 4) is 0 Å². The van der Waals surface area contributed by atoms with Gasteiger partial charge in [0.15, 0.2) is 0 Å². The van der Waals surface area contributed by atoms with Crippen LogP contribution in [-0.4, -0.2) is 22.3 Å². The van der Waals surface area contributed by atoms with Crippen LogP contribution in [0.5, 0.6) is 0 Å². The van der Waals surface area contributed by atoms with Crippen molar-refractivity contribution in [1.82, 2.24) is 10.6 Å². The average molecular weight is 338 g/mol. The van der Waals surface area contributed by atoms with E-state index in [9.17, 15) is 14.4 Å². The second-order valence-corrected chi connectivity index (χ2v) is 4.94. The van der Waals surface area contributed by atoms with E-state index in [2.05, 4.69) is 33.2 Å². The van der Waals surface area contributed by atoms with Crippen LogP contribution in [0, 0.1) is 5.41 Å². The summed E-state index contributed by atoms with van der Waals surface area (Å²) in [6.07, 6.45) is 2.68. The summed E-state index contributed by atoms with van der Waals surface area (Å²) in [6, 6.07) is -0.712. The van der Waals surface area contributed by atoms with Crippen LogP contribution in [0.25, 0.3) is 0 Å². The van der Waals surface area contributed by atoms with E-state index in [0.29, 0.717) is 17.3 Å². The van der Waals surface area contributed by atoms with Crippen molar-refractivity contribution in [2.75, 3.05) is 4.43 Å². The van der Waals surface area contributed by atoms with Gasteiger partial charge in [0.25, 0.3) is 0 Å². The number of carbonyl (C=O) groups is 3. The molecule has 1 fully saturated rings. The van der Waals surface area contributed by atoms with Crippen molar-refractivity contribution in [3.05, 3.63) is 0 Å². The Kier molecular flexibility index (Phi) is 4.69. The maximum Gasteiger partial charge on any atom is 0.328 e. The Morgan fingerprint density at radius 1 is 1.12 bits per heavy atom. The first-order chi connectivity index (χ1) is 7.56. The van der Waals surface area contributed by atoms with Crippen molar-refractivity contribution in [3.63, 3.8) is 0 Å². The van der Waals surface area contributed by atoms with Gasteiger partial charge in [-0.05, 0) is 12.8 Å². The van der Waals surface area contributed by atoms with Gasteiger partial charge in [0.2, 0.25) is 11.8 Å². The molecule has 0 bridgehead atoms. The van der Waals surface area contributed by atoms with Crippen molar-refractivity contribution in [2.45, 2.75) is 32.6 Å². The maximum absolute atomic E-state index is 11.8. The van der Waals surface area contributed by atoms with Gasteiger partial charge >= 0.3 is 6.03 Å². The Morgan fingerprint density at radius 3 is 2.12 bits per heavy atom. The quantitative estimate of drug-likeness (QED) is 0.451. The highest BCUT2D eigenvalue weighted by atomic mass is 127. The SMILES string of the molecule is CCCCC1(CCI)C(=O)NC(=O)NC1=O. The van der Waals surface area contributed by atoms with E-state index in [-0.39, 0.29) is 0 Å².